The lowest BCUT2D eigenvalue weighted by Gasteiger charge is -2.24. The molecular weight excluding hydrogens is 260 g/mol. The van der Waals surface area contributed by atoms with Crippen LogP contribution in [-0.4, -0.2) is 18.1 Å². The molecule has 112 valence electrons. The van der Waals surface area contributed by atoms with Crippen LogP contribution in [0.5, 0.6) is 0 Å². The van der Waals surface area contributed by atoms with E-state index in [0.717, 1.165) is 35.1 Å². The first-order valence-electron chi connectivity index (χ1n) is 8.17. The molecule has 0 bridgehead atoms. The lowest BCUT2D eigenvalue weighted by atomic mass is 10.0. The standard InChI is InChI=1S/C18H24N2O/c1-3-14-7-8-17-15(11-14)18(21)16(13(2)19-17)12-20-9-5-4-6-10-20/h7-8,11H,3-6,9-10,12H2,1-2H3,(H,19,21)/p+1. The van der Waals surface area contributed by atoms with Crippen LogP contribution in [0.4, 0.5) is 0 Å². The Balaban J connectivity index is 2.02. The molecule has 3 heteroatoms. The van der Waals surface area contributed by atoms with Crippen molar-refractivity contribution in [1.29, 1.82) is 0 Å². The van der Waals surface area contributed by atoms with E-state index in [2.05, 4.69) is 24.0 Å². The normalized spacial score (nSPS) is 16.5. The summed E-state index contributed by atoms with van der Waals surface area (Å²) in [5.41, 5.74) is 4.44. The fourth-order valence-electron chi connectivity index (χ4n) is 3.41. The summed E-state index contributed by atoms with van der Waals surface area (Å²) in [6.07, 6.45) is 4.89. The van der Waals surface area contributed by atoms with Crippen LogP contribution in [0.3, 0.4) is 0 Å². The van der Waals surface area contributed by atoms with Crippen molar-refractivity contribution in [3.05, 3.63) is 45.2 Å². The molecule has 21 heavy (non-hydrogen) atoms. The van der Waals surface area contributed by atoms with Crippen LogP contribution in [0.15, 0.2) is 23.0 Å². The Morgan fingerprint density at radius 3 is 2.67 bits per heavy atom. The number of aryl methyl sites for hydroxylation is 2. The van der Waals surface area contributed by atoms with Crippen molar-refractivity contribution >= 4 is 10.9 Å². The molecule has 0 aliphatic carbocycles. The fraction of sp³-hybridized carbons (Fsp3) is 0.500. The van der Waals surface area contributed by atoms with Gasteiger partial charge in [-0.15, -0.1) is 0 Å². The first-order chi connectivity index (χ1) is 10.2. The molecule has 1 aliphatic rings. The number of aromatic amines is 1. The molecule has 0 unspecified atom stereocenters. The molecule has 1 aromatic carbocycles. The van der Waals surface area contributed by atoms with Gasteiger partial charge in [0.1, 0.15) is 6.54 Å². The SMILES string of the molecule is CCc1ccc2[nH]c(C)c(C[NH+]3CCCCC3)c(=O)c2c1. The van der Waals surface area contributed by atoms with Crippen molar-refractivity contribution in [3.63, 3.8) is 0 Å². The lowest BCUT2D eigenvalue weighted by molar-refractivity contribution is -0.918. The molecule has 1 saturated heterocycles. The van der Waals surface area contributed by atoms with Crippen LogP contribution in [0.2, 0.25) is 0 Å². The second kappa shape index (κ2) is 6.02. The van der Waals surface area contributed by atoms with Crippen molar-refractivity contribution in [2.75, 3.05) is 13.1 Å². The Labute approximate surface area is 126 Å². The van der Waals surface area contributed by atoms with Crippen molar-refractivity contribution in [2.24, 2.45) is 0 Å². The zero-order chi connectivity index (χ0) is 14.8. The maximum atomic E-state index is 12.9. The van der Waals surface area contributed by atoms with E-state index in [1.54, 1.807) is 4.90 Å². The summed E-state index contributed by atoms with van der Waals surface area (Å²) in [6, 6.07) is 6.20. The minimum atomic E-state index is 0.231. The number of hydrogen-bond acceptors (Lipinski definition) is 1. The van der Waals surface area contributed by atoms with Crippen molar-refractivity contribution in [3.8, 4) is 0 Å². The van der Waals surface area contributed by atoms with Gasteiger partial charge in [0.25, 0.3) is 0 Å². The molecule has 0 spiro atoms. The van der Waals surface area contributed by atoms with E-state index >= 15 is 0 Å². The molecule has 0 saturated carbocycles. The van der Waals surface area contributed by atoms with Gasteiger partial charge in [-0.05, 0) is 50.3 Å². The van der Waals surface area contributed by atoms with E-state index in [-0.39, 0.29) is 5.43 Å². The molecule has 2 heterocycles. The summed E-state index contributed by atoms with van der Waals surface area (Å²) >= 11 is 0. The van der Waals surface area contributed by atoms with Gasteiger partial charge >= 0.3 is 0 Å². The maximum absolute atomic E-state index is 12.9. The third-order valence-electron chi connectivity index (χ3n) is 4.77. The molecule has 1 aromatic heterocycles. The van der Waals surface area contributed by atoms with Gasteiger partial charge in [-0.25, -0.2) is 0 Å². The quantitative estimate of drug-likeness (QED) is 0.889. The predicted octanol–water partition coefficient (Wildman–Crippen LogP) is 1.97. The van der Waals surface area contributed by atoms with E-state index in [4.69, 9.17) is 0 Å². The minimum Gasteiger partial charge on any atom is -0.358 e. The van der Waals surface area contributed by atoms with Gasteiger partial charge in [-0.3, -0.25) is 4.79 Å². The molecule has 0 radical (unpaired) electrons. The second-order valence-electron chi connectivity index (χ2n) is 6.28. The number of nitrogens with one attached hydrogen (secondary N) is 2. The van der Waals surface area contributed by atoms with Gasteiger partial charge in [0.15, 0.2) is 5.43 Å². The number of pyridine rings is 1. The van der Waals surface area contributed by atoms with Crippen LogP contribution in [-0.2, 0) is 13.0 Å². The monoisotopic (exact) mass is 285 g/mol. The first kappa shape index (κ1) is 14.3. The van der Waals surface area contributed by atoms with Crippen LogP contribution in [0, 0.1) is 6.92 Å². The summed E-state index contributed by atoms with van der Waals surface area (Å²) in [6.45, 7) is 7.43. The molecule has 2 N–H and O–H groups in total. The van der Waals surface area contributed by atoms with Crippen LogP contribution < -0.4 is 10.3 Å². The van der Waals surface area contributed by atoms with Crippen molar-refractivity contribution < 1.29 is 4.90 Å². The number of hydrogen-bond donors (Lipinski definition) is 2. The first-order valence-corrected chi connectivity index (χ1v) is 8.17. The Hall–Kier alpha value is -1.61. The van der Waals surface area contributed by atoms with Crippen molar-refractivity contribution in [1.82, 2.24) is 4.98 Å². The van der Waals surface area contributed by atoms with E-state index in [1.807, 2.05) is 13.0 Å². The highest BCUT2D eigenvalue weighted by atomic mass is 16.1. The van der Waals surface area contributed by atoms with Gasteiger partial charge in [-0.2, -0.15) is 0 Å². The summed E-state index contributed by atoms with van der Waals surface area (Å²) in [5, 5.41) is 0.853. The Kier molecular flexibility index (Phi) is 4.11. The average molecular weight is 285 g/mol. The summed E-state index contributed by atoms with van der Waals surface area (Å²) < 4.78 is 0. The number of rotatable bonds is 3. The van der Waals surface area contributed by atoms with Crippen LogP contribution >= 0.6 is 0 Å². The smallest absolute Gasteiger partial charge is 0.198 e. The Morgan fingerprint density at radius 1 is 1.19 bits per heavy atom. The van der Waals surface area contributed by atoms with Crippen LogP contribution in [0.1, 0.15) is 43.0 Å². The highest BCUT2D eigenvalue weighted by Crippen LogP contribution is 2.14. The van der Waals surface area contributed by atoms with Crippen LogP contribution in [0.25, 0.3) is 10.9 Å². The second-order valence-corrected chi connectivity index (χ2v) is 6.28. The highest BCUT2D eigenvalue weighted by molar-refractivity contribution is 5.80. The summed E-state index contributed by atoms with van der Waals surface area (Å²) in [4.78, 5) is 17.8. The van der Waals surface area contributed by atoms with Gasteiger partial charge in [0, 0.05) is 16.6 Å². The minimum absolute atomic E-state index is 0.231. The van der Waals surface area contributed by atoms with Crippen molar-refractivity contribution in [2.45, 2.75) is 46.1 Å². The third kappa shape index (κ3) is 2.88. The zero-order valence-electron chi connectivity index (χ0n) is 13.1. The Bertz CT molecular complexity index is 696. The van der Waals surface area contributed by atoms with Gasteiger partial charge in [-0.1, -0.05) is 13.0 Å². The fourth-order valence-corrected chi connectivity index (χ4v) is 3.41. The number of quaternary nitrogens is 1. The highest BCUT2D eigenvalue weighted by Gasteiger charge is 2.18. The maximum Gasteiger partial charge on any atom is 0.198 e. The lowest BCUT2D eigenvalue weighted by Crippen LogP contribution is -3.11. The number of aromatic nitrogens is 1. The summed E-state index contributed by atoms with van der Waals surface area (Å²) in [7, 11) is 0. The van der Waals surface area contributed by atoms with E-state index in [1.165, 1.54) is 37.9 Å². The molecule has 1 fully saturated rings. The summed E-state index contributed by atoms with van der Waals surface area (Å²) in [5.74, 6) is 0. The molecule has 0 atom stereocenters. The van der Waals surface area contributed by atoms with Gasteiger partial charge in [0.2, 0.25) is 0 Å². The van der Waals surface area contributed by atoms with E-state index in [0.29, 0.717) is 0 Å². The number of H-pyrrole nitrogens is 1. The largest absolute Gasteiger partial charge is 0.358 e. The van der Waals surface area contributed by atoms with E-state index < -0.39 is 0 Å². The molecule has 3 nitrogen and oxygen atoms in total. The number of piperidine rings is 1. The van der Waals surface area contributed by atoms with E-state index in [9.17, 15) is 4.79 Å². The average Bonchev–Trinajstić information content (AvgIpc) is 2.52. The number of benzene rings is 1. The predicted molar refractivity (Wildman–Crippen MR) is 86.9 cm³/mol. The Morgan fingerprint density at radius 2 is 1.95 bits per heavy atom. The molecule has 2 aromatic rings. The molecule has 0 amide bonds. The number of likely N-dealkylation sites (tertiary alicyclic amines) is 1. The zero-order valence-corrected chi connectivity index (χ0v) is 13.1. The molecule has 3 rings (SSSR count). The molecule has 1 aliphatic heterocycles. The third-order valence-corrected chi connectivity index (χ3v) is 4.77. The number of fused-ring (bicyclic) bond motifs is 1. The van der Waals surface area contributed by atoms with Gasteiger partial charge in [0.05, 0.1) is 18.7 Å². The van der Waals surface area contributed by atoms with Gasteiger partial charge < -0.3 is 9.88 Å². The molecular formula is C18H25N2O+. The topological polar surface area (TPSA) is 37.3 Å².